The number of amides is 1. The lowest BCUT2D eigenvalue weighted by Gasteiger charge is -2.31. The average Bonchev–Trinajstić information content (AvgIpc) is 2.08. The molecule has 2 unspecified atom stereocenters. The number of hydrogen-bond donors (Lipinski definition) is 3. The van der Waals surface area contributed by atoms with Gasteiger partial charge in [-0.25, -0.2) is 4.79 Å². The highest BCUT2D eigenvalue weighted by Crippen LogP contribution is 2.23. The molecular formula is C9H14F3NO4. The first-order chi connectivity index (χ1) is 7.37. The van der Waals surface area contributed by atoms with Gasteiger partial charge in [0.1, 0.15) is 0 Å². The van der Waals surface area contributed by atoms with Gasteiger partial charge in [0.05, 0.1) is 6.10 Å². The van der Waals surface area contributed by atoms with E-state index in [2.05, 4.69) is 0 Å². The zero-order valence-corrected chi connectivity index (χ0v) is 9.50. The maximum atomic E-state index is 11.9. The van der Waals surface area contributed by atoms with Crippen LogP contribution in [0, 0.1) is 5.41 Å². The fraction of sp³-hybridized carbons (Fsp3) is 0.778. The van der Waals surface area contributed by atoms with Gasteiger partial charge >= 0.3 is 18.1 Å². The van der Waals surface area contributed by atoms with E-state index in [1.54, 1.807) is 0 Å². The molecule has 0 heterocycles. The highest BCUT2D eigenvalue weighted by Gasteiger charge is 2.44. The van der Waals surface area contributed by atoms with Gasteiger partial charge < -0.3 is 15.5 Å². The van der Waals surface area contributed by atoms with E-state index in [0.717, 1.165) is 0 Å². The molecule has 8 heteroatoms. The Morgan fingerprint density at radius 1 is 1.18 bits per heavy atom. The highest BCUT2D eigenvalue weighted by atomic mass is 19.4. The summed E-state index contributed by atoms with van der Waals surface area (Å²) < 4.78 is 35.8. The molecule has 100 valence electrons. The van der Waals surface area contributed by atoms with Crippen molar-refractivity contribution < 1.29 is 33.0 Å². The predicted molar refractivity (Wildman–Crippen MR) is 51.1 cm³/mol. The lowest BCUT2D eigenvalue weighted by atomic mass is 9.84. The number of carbonyl (C=O) groups is 2. The lowest BCUT2D eigenvalue weighted by molar-refractivity contribution is -0.177. The number of aliphatic hydroxyl groups is 1. The van der Waals surface area contributed by atoms with Crippen LogP contribution in [0.15, 0.2) is 0 Å². The number of aliphatic hydroxyl groups excluding tert-OH is 1. The Bertz CT molecular complexity index is 308. The molecule has 0 aromatic heterocycles. The molecule has 0 aliphatic heterocycles. The Morgan fingerprint density at radius 2 is 1.59 bits per heavy atom. The molecular weight excluding hydrogens is 243 g/mol. The van der Waals surface area contributed by atoms with Crippen molar-refractivity contribution in [3.8, 4) is 0 Å². The standard InChI is InChI=1S/C9H14F3NO4/c1-8(2,3)5(14)4(6(15)16)13-7(17)9(10,11)12/h4-5,14H,1-3H3,(H,13,17)(H,15,16). The van der Waals surface area contributed by atoms with Crippen molar-refractivity contribution in [3.05, 3.63) is 0 Å². The van der Waals surface area contributed by atoms with E-state index in [-0.39, 0.29) is 0 Å². The van der Waals surface area contributed by atoms with Crippen LogP contribution in [-0.4, -0.2) is 40.4 Å². The van der Waals surface area contributed by atoms with Gasteiger partial charge in [0, 0.05) is 0 Å². The van der Waals surface area contributed by atoms with Crippen LogP contribution in [0.5, 0.6) is 0 Å². The first-order valence-electron chi connectivity index (χ1n) is 4.66. The van der Waals surface area contributed by atoms with Crippen molar-refractivity contribution in [1.29, 1.82) is 0 Å². The SMILES string of the molecule is CC(C)(C)C(O)C(NC(=O)C(F)(F)F)C(=O)O. The third kappa shape index (κ3) is 4.59. The molecule has 1 amide bonds. The van der Waals surface area contributed by atoms with Gasteiger partial charge in [-0.05, 0) is 5.41 Å². The Hall–Kier alpha value is -1.31. The molecule has 0 spiro atoms. The van der Waals surface area contributed by atoms with Crippen molar-refractivity contribution in [2.45, 2.75) is 39.1 Å². The smallest absolute Gasteiger partial charge is 0.471 e. The Balaban J connectivity index is 4.92. The molecule has 0 saturated carbocycles. The van der Waals surface area contributed by atoms with E-state index < -0.39 is 35.6 Å². The first kappa shape index (κ1) is 15.7. The van der Waals surface area contributed by atoms with Gasteiger partial charge in [-0.1, -0.05) is 20.8 Å². The maximum absolute atomic E-state index is 11.9. The largest absolute Gasteiger partial charge is 0.480 e. The number of carbonyl (C=O) groups excluding carboxylic acids is 1. The summed E-state index contributed by atoms with van der Waals surface area (Å²) in [5.41, 5.74) is -0.984. The number of alkyl halides is 3. The van der Waals surface area contributed by atoms with E-state index >= 15 is 0 Å². The van der Waals surface area contributed by atoms with Crippen molar-refractivity contribution in [2.24, 2.45) is 5.41 Å². The number of carboxylic acid groups (broad SMARTS) is 1. The lowest BCUT2D eigenvalue weighted by Crippen LogP contribution is -2.55. The molecule has 0 saturated heterocycles. The van der Waals surface area contributed by atoms with Crippen molar-refractivity contribution >= 4 is 11.9 Å². The van der Waals surface area contributed by atoms with E-state index in [9.17, 15) is 27.9 Å². The van der Waals surface area contributed by atoms with Crippen LogP contribution in [0.25, 0.3) is 0 Å². The van der Waals surface area contributed by atoms with E-state index in [1.807, 2.05) is 0 Å². The van der Waals surface area contributed by atoms with Crippen LogP contribution in [0.4, 0.5) is 13.2 Å². The summed E-state index contributed by atoms with van der Waals surface area (Å²) >= 11 is 0. The maximum Gasteiger partial charge on any atom is 0.471 e. The Morgan fingerprint density at radius 3 is 1.82 bits per heavy atom. The zero-order valence-electron chi connectivity index (χ0n) is 9.50. The number of aliphatic carboxylic acids is 1. The molecule has 0 aliphatic rings. The topological polar surface area (TPSA) is 86.6 Å². The Kier molecular flexibility index (Phi) is 4.53. The molecule has 0 fully saturated rings. The molecule has 0 aromatic carbocycles. The third-order valence-corrected chi connectivity index (χ3v) is 2.01. The van der Waals surface area contributed by atoms with Gasteiger partial charge in [0.15, 0.2) is 6.04 Å². The average molecular weight is 257 g/mol. The van der Waals surface area contributed by atoms with Crippen LogP contribution >= 0.6 is 0 Å². The van der Waals surface area contributed by atoms with Gasteiger partial charge in [0.25, 0.3) is 0 Å². The van der Waals surface area contributed by atoms with Gasteiger partial charge in [-0.15, -0.1) is 0 Å². The predicted octanol–water partition coefficient (Wildman–Crippen LogP) is 0.525. The quantitative estimate of drug-likeness (QED) is 0.688. The molecule has 3 N–H and O–H groups in total. The molecule has 0 radical (unpaired) electrons. The summed E-state index contributed by atoms with van der Waals surface area (Å²) in [6, 6.07) is -2.01. The second kappa shape index (κ2) is 4.91. The second-order valence-electron chi connectivity index (χ2n) is 4.60. The van der Waals surface area contributed by atoms with Crippen LogP contribution in [0.3, 0.4) is 0 Å². The second-order valence-corrected chi connectivity index (χ2v) is 4.60. The van der Waals surface area contributed by atoms with Crippen LogP contribution in [0.1, 0.15) is 20.8 Å². The summed E-state index contributed by atoms with van der Waals surface area (Å²) in [6.07, 6.45) is -6.84. The fourth-order valence-corrected chi connectivity index (χ4v) is 0.999. The molecule has 5 nitrogen and oxygen atoms in total. The number of halogens is 3. The summed E-state index contributed by atoms with van der Waals surface area (Å²) in [5.74, 6) is -4.13. The highest BCUT2D eigenvalue weighted by molar-refractivity contribution is 5.87. The van der Waals surface area contributed by atoms with Crippen molar-refractivity contribution in [2.75, 3.05) is 0 Å². The van der Waals surface area contributed by atoms with Crippen LogP contribution < -0.4 is 5.32 Å². The normalized spacial score (nSPS) is 16.2. The molecule has 0 aromatic rings. The van der Waals surface area contributed by atoms with Crippen LogP contribution in [-0.2, 0) is 9.59 Å². The van der Waals surface area contributed by atoms with E-state index in [0.29, 0.717) is 0 Å². The van der Waals surface area contributed by atoms with Gasteiger partial charge in [-0.2, -0.15) is 13.2 Å². The van der Waals surface area contributed by atoms with E-state index in [1.165, 1.54) is 26.1 Å². The summed E-state index contributed by atoms with van der Waals surface area (Å²) in [4.78, 5) is 21.3. The minimum Gasteiger partial charge on any atom is -0.480 e. The molecule has 0 bridgehead atoms. The number of hydrogen-bond acceptors (Lipinski definition) is 3. The monoisotopic (exact) mass is 257 g/mol. The molecule has 0 aliphatic carbocycles. The molecule has 0 rings (SSSR count). The van der Waals surface area contributed by atoms with Crippen LogP contribution in [0.2, 0.25) is 0 Å². The molecule has 17 heavy (non-hydrogen) atoms. The number of carboxylic acids is 1. The Labute approximate surface area is 95.6 Å². The minimum atomic E-state index is -5.19. The van der Waals surface area contributed by atoms with E-state index in [4.69, 9.17) is 5.11 Å². The number of nitrogens with one attached hydrogen (secondary N) is 1. The molecule has 2 atom stereocenters. The number of rotatable bonds is 3. The summed E-state index contributed by atoms with van der Waals surface area (Å²) in [5, 5.41) is 19.5. The van der Waals surface area contributed by atoms with Gasteiger partial charge in [-0.3, -0.25) is 4.79 Å². The minimum absolute atomic E-state index is 0.984. The first-order valence-corrected chi connectivity index (χ1v) is 4.66. The van der Waals surface area contributed by atoms with Gasteiger partial charge in [0.2, 0.25) is 0 Å². The third-order valence-electron chi connectivity index (χ3n) is 2.01. The van der Waals surface area contributed by atoms with Crippen molar-refractivity contribution in [1.82, 2.24) is 5.32 Å². The van der Waals surface area contributed by atoms with Crippen molar-refractivity contribution in [3.63, 3.8) is 0 Å². The fourth-order valence-electron chi connectivity index (χ4n) is 0.999. The zero-order chi connectivity index (χ0) is 14.0. The summed E-state index contributed by atoms with van der Waals surface area (Å²) in [6.45, 7) is 4.31. The summed E-state index contributed by atoms with van der Waals surface area (Å²) in [7, 11) is 0.